The van der Waals surface area contributed by atoms with Gasteiger partial charge in [0, 0.05) is 5.39 Å². The highest BCUT2D eigenvalue weighted by molar-refractivity contribution is 7.99. The van der Waals surface area contributed by atoms with Crippen molar-refractivity contribution >= 4 is 22.7 Å². The standard InChI is InChI=1S/C15H17N3S/c1-15(2,10-16)8-5-9-19-14-12-6-3-4-7-13(12)17-11-18-14/h3-4,6-7,11H,5,8-9H2,1-2H3. The topological polar surface area (TPSA) is 49.6 Å². The zero-order chi connectivity index (χ0) is 13.7. The van der Waals surface area contributed by atoms with Crippen LogP contribution in [0.4, 0.5) is 0 Å². The molecule has 0 atom stereocenters. The van der Waals surface area contributed by atoms with Crippen molar-refractivity contribution in [2.75, 3.05) is 5.75 Å². The summed E-state index contributed by atoms with van der Waals surface area (Å²) in [5.41, 5.74) is 0.756. The van der Waals surface area contributed by atoms with Gasteiger partial charge in [0.15, 0.2) is 0 Å². The maximum atomic E-state index is 8.97. The largest absolute Gasteiger partial charge is 0.236 e. The van der Waals surface area contributed by atoms with E-state index in [1.54, 1.807) is 18.1 Å². The first-order valence-electron chi connectivity index (χ1n) is 6.36. The van der Waals surface area contributed by atoms with E-state index < -0.39 is 0 Å². The Morgan fingerprint density at radius 3 is 2.84 bits per heavy atom. The zero-order valence-corrected chi connectivity index (χ0v) is 12.1. The number of aromatic nitrogens is 2. The molecular formula is C15H17N3S. The van der Waals surface area contributed by atoms with Crippen LogP contribution in [-0.4, -0.2) is 15.7 Å². The molecule has 4 heteroatoms. The SMILES string of the molecule is CC(C)(C#N)CCCSc1ncnc2ccccc12. The quantitative estimate of drug-likeness (QED) is 0.467. The van der Waals surface area contributed by atoms with Gasteiger partial charge < -0.3 is 0 Å². The molecule has 0 radical (unpaired) electrons. The normalized spacial score (nSPS) is 11.4. The summed E-state index contributed by atoms with van der Waals surface area (Å²) >= 11 is 1.74. The van der Waals surface area contributed by atoms with Crippen LogP contribution in [0.3, 0.4) is 0 Å². The number of fused-ring (bicyclic) bond motifs is 1. The van der Waals surface area contributed by atoms with E-state index in [4.69, 9.17) is 5.26 Å². The van der Waals surface area contributed by atoms with Gasteiger partial charge in [-0.25, -0.2) is 9.97 Å². The molecule has 2 aromatic rings. The van der Waals surface area contributed by atoms with Crippen molar-refractivity contribution in [1.82, 2.24) is 9.97 Å². The summed E-state index contributed by atoms with van der Waals surface area (Å²) in [7, 11) is 0. The van der Waals surface area contributed by atoms with Gasteiger partial charge in [-0.05, 0) is 38.5 Å². The van der Waals surface area contributed by atoms with Gasteiger partial charge >= 0.3 is 0 Å². The fourth-order valence-electron chi connectivity index (χ4n) is 1.83. The molecule has 0 saturated heterocycles. The van der Waals surface area contributed by atoms with Crippen LogP contribution in [-0.2, 0) is 0 Å². The molecule has 0 aliphatic rings. The van der Waals surface area contributed by atoms with E-state index in [1.807, 2.05) is 32.0 Å². The van der Waals surface area contributed by atoms with Crippen LogP contribution in [0.2, 0.25) is 0 Å². The Morgan fingerprint density at radius 1 is 1.26 bits per heavy atom. The van der Waals surface area contributed by atoms with Crippen molar-refractivity contribution in [2.24, 2.45) is 5.41 Å². The third-order valence-electron chi connectivity index (χ3n) is 2.99. The second-order valence-corrected chi connectivity index (χ2v) is 6.23. The molecule has 19 heavy (non-hydrogen) atoms. The summed E-state index contributed by atoms with van der Waals surface area (Å²) in [5.74, 6) is 0.978. The third kappa shape index (κ3) is 3.68. The fourth-order valence-corrected chi connectivity index (χ4v) is 2.77. The molecule has 0 aliphatic heterocycles. The van der Waals surface area contributed by atoms with Gasteiger partial charge in [0.2, 0.25) is 0 Å². The maximum Gasteiger partial charge on any atom is 0.117 e. The van der Waals surface area contributed by atoms with Gasteiger partial charge in [0.05, 0.1) is 17.0 Å². The van der Waals surface area contributed by atoms with Crippen molar-refractivity contribution in [3.63, 3.8) is 0 Å². The first kappa shape index (κ1) is 13.8. The Hall–Kier alpha value is -1.60. The van der Waals surface area contributed by atoms with Gasteiger partial charge in [-0.1, -0.05) is 18.2 Å². The van der Waals surface area contributed by atoms with Crippen molar-refractivity contribution in [1.29, 1.82) is 5.26 Å². The van der Waals surface area contributed by atoms with E-state index in [1.165, 1.54) is 0 Å². The number of benzene rings is 1. The molecule has 0 fully saturated rings. The number of rotatable bonds is 5. The Morgan fingerprint density at radius 2 is 2.05 bits per heavy atom. The van der Waals surface area contributed by atoms with Gasteiger partial charge in [0.25, 0.3) is 0 Å². The molecule has 2 rings (SSSR count). The molecule has 0 amide bonds. The molecule has 0 aliphatic carbocycles. The average Bonchev–Trinajstić information content (AvgIpc) is 2.44. The summed E-state index contributed by atoms with van der Waals surface area (Å²) in [5, 5.41) is 11.1. The molecule has 1 aromatic heterocycles. The number of nitriles is 1. The number of hydrogen-bond donors (Lipinski definition) is 0. The predicted octanol–water partition coefficient (Wildman–Crippen LogP) is 4.05. The molecule has 0 saturated carbocycles. The second-order valence-electron chi connectivity index (χ2n) is 5.14. The lowest BCUT2D eigenvalue weighted by molar-refractivity contribution is 0.448. The second kappa shape index (κ2) is 6.03. The number of nitrogens with zero attached hydrogens (tertiary/aromatic N) is 3. The maximum absolute atomic E-state index is 8.97. The summed E-state index contributed by atoms with van der Waals surface area (Å²) in [6.45, 7) is 3.97. The van der Waals surface area contributed by atoms with Crippen LogP contribution in [0.15, 0.2) is 35.6 Å². The Kier molecular flexibility index (Phi) is 4.39. The highest BCUT2D eigenvalue weighted by Gasteiger charge is 2.15. The third-order valence-corrected chi connectivity index (χ3v) is 4.09. The van der Waals surface area contributed by atoms with Crippen molar-refractivity contribution in [3.05, 3.63) is 30.6 Å². The zero-order valence-electron chi connectivity index (χ0n) is 11.3. The summed E-state index contributed by atoms with van der Waals surface area (Å²) in [4.78, 5) is 8.60. The lowest BCUT2D eigenvalue weighted by Crippen LogP contribution is -2.07. The van der Waals surface area contributed by atoms with Crippen LogP contribution >= 0.6 is 11.8 Å². The monoisotopic (exact) mass is 271 g/mol. The van der Waals surface area contributed by atoms with Gasteiger partial charge in [-0.15, -0.1) is 11.8 Å². The smallest absolute Gasteiger partial charge is 0.117 e. The molecule has 0 bridgehead atoms. The number of hydrogen-bond acceptors (Lipinski definition) is 4. The molecule has 3 nitrogen and oxygen atoms in total. The highest BCUT2D eigenvalue weighted by atomic mass is 32.2. The summed E-state index contributed by atoms with van der Waals surface area (Å²) in [6.07, 6.45) is 3.55. The van der Waals surface area contributed by atoms with Crippen LogP contribution in [0.25, 0.3) is 10.9 Å². The predicted molar refractivity (Wildman–Crippen MR) is 78.9 cm³/mol. The van der Waals surface area contributed by atoms with Crippen LogP contribution in [0.5, 0.6) is 0 Å². The summed E-state index contributed by atoms with van der Waals surface area (Å²) < 4.78 is 0. The van der Waals surface area contributed by atoms with Crippen molar-refractivity contribution in [2.45, 2.75) is 31.7 Å². The van der Waals surface area contributed by atoms with E-state index in [-0.39, 0.29) is 5.41 Å². The van der Waals surface area contributed by atoms with Crippen molar-refractivity contribution in [3.8, 4) is 6.07 Å². The van der Waals surface area contributed by atoms with Gasteiger partial charge in [-0.2, -0.15) is 5.26 Å². The van der Waals surface area contributed by atoms with E-state index >= 15 is 0 Å². The Labute approximate surface area is 118 Å². The van der Waals surface area contributed by atoms with Crippen molar-refractivity contribution < 1.29 is 0 Å². The minimum atomic E-state index is -0.228. The molecular weight excluding hydrogens is 254 g/mol. The lowest BCUT2D eigenvalue weighted by atomic mass is 9.90. The lowest BCUT2D eigenvalue weighted by Gasteiger charge is -2.14. The van der Waals surface area contributed by atoms with Crippen LogP contribution < -0.4 is 0 Å². The fraction of sp³-hybridized carbons (Fsp3) is 0.400. The summed E-state index contributed by atoms with van der Waals surface area (Å²) in [6, 6.07) is 10.4. The minimum absolute atomic E-state index is 0.228. The van der Waals surface area contributed by atoms with Gasteiger partial charge in [-0.3, -0.25) is 0 Å². The molecule has 0 spiro atoms. The minimum Gasteiger partial charge on any atom is -0.236 e. The van der Waals surface area contributed by atoms with E-state index in [2.05, 4.69) is 22.1 Å². The molecule has 1 heterocycles. The first-order chi connectivity index (χ1) is 9.12. The number of thioether (sulfide) groups is 1. The average molecular weight is 271 g/mol. The molecule has 0 N–H and O–H groups in total. The van der Waals surface area contributed by atoms with Crippen LogP contribution in [0.1, 0.15) is 26.7 Å². The Bertz CT molecular complexity index is 596. The highest BCUT2D eigenvalue weighted by Crippen LogP contribution is 2.27. The molecule has 0 unspecified atom stereocenters. The molecule has 1 aromatic carbocycles. The first-order valence-corrected chi connectivity index (χ1v) is 7.35. The van der Waals surface area contributed by atoms with Crippen LogP contribution in [0, 0.1) is 16.7 Å². The van der Waals surface area contributed by atoms with E-state index in [0.29, 0.717) is 0 Å². The number of para-hydroxylation sites is 1. The van der Waals surface area contributed by atoms with E-state index in [0.717, 1.165) is 34.5 Å². The molecule has 98 valence electrons. The van der Waals surface area contributed by atoms with E-state index in [9.17, 15) is 0 Å². The Balaban J connectivity index is 1.98. The van der Waals surface area contributed by atoms with Gasteiger partial charge in [0.1, 0.15) is 11.4 Å².